The monoisotopic (exact) mass is 476 g/mol. The number of pyridine rings is 2. The molecule has 180 valence electrons. The van der Waals surface area contributed by atoms with Crippen molar-refractivity contribution in [1.29, 1.82) is 0 Å². The summed E-state index contributed by atoms with van der Waals surface area (Å²) < 4.78 is 75.6. The quantitative estimate of drug-likeness (QED) is 0.676. The first-order valence-corrected chi connectivity index (χ1v) is 10.1. The number of likely N-dealkylation sites (tertiary alicyclic amines) is 1. The molecule has 2 aliphatic heterocycles. The number of aliphatic carboxylic acids is 1. The van der Waals surface area contributed by atoms with Gasteiger partial charge in [-0.3, -0.25) is 9.88 Å². The summed E-state index contributed by atoms with van der Waals surface area (Å²) >= 11 is 0. The molecular weight excluding hydrogens is 454 g/mol. The Morgan fingerprint density at radius 1 is 1.09 bits per heavy atom. The van der Waals surface area contributed by atoms with E-state index in [0.717, 1.165) is 5.56 Å². The summed E-state index contributed by atoms with van der Waals surface area (Å²) in [5.74, 6) is -5.81. The summed E-state index contributed by atoms with van der Waals surface area (Å²) in [5, 5.41) is 7.12. The molecule has 2 saturated heterocycles. The third-order valence-electron chi connectivity index (χ3n) is 5.81. The Bertz CT molecular complexity index is 959. The minimum atomic E-state index is -5.08. The van der Waals surface area contributed by atoms with Crippen LogP contribution in [0.4, 0.5) is 32.2 Å². The first-order chi connectivity index (χ1) is 15.4. The van der Waals surface area contributed by atoms with Crippen LogP contribution in [0.2, 0.25) is 0 Å². The number of halogens is 6. The molecule has 1 atom stereocenters. The minimum absolute atomic E-state index is 0.122. The Labute approximate surface area is 185 Å². The maximum absolute atomic E-state index is 14.9. The topological polar surface area (TPSA) is 69.6 Å². The zero-order valence-electron chi connectivity index (χ0n) is 17.4. The third kappa shape index (κ3) is 5.73. The lowest BCUT2D eigenvalue weighted by Gasteiger charge is -2.46. The number of rotatable bonds is 3. The van der Waals surface area contributed by atoms with Gasteiger partial charge in [0.05, 0.1) is 5.41 Å². The number of aromatic nitrogens is 2. The van der Waals surface area contributed by atoms with E-state index in [9.17, 15) is 26.3 Å². The van der Waals surface area contributed by atoms with Gasteiger partial charge in [-0.25, -0.2) is 22.9 Å². The fourth-order valence-corrected chi connectivity index (χ4v) is 4.16. The molecule has 0 radical (unpaired) electrons. The number of anilines is 1. The van der Waals surface area contributed by atoms with Gasteiger partial charge in [-0.05, 0) is 30.2 Å². The summed E-state index contributed by atoms with van der Waals surface area (Å²) in [6.07, 6.45) is 0.0394. The average molecular weight is 476 g/mol. The van der Waals surface area contributed by atoms with Crippen molar-refractivity contribution in [2.45, 2.75) is 31.5 Å². The van der Waals surface area contributed by atoms with E-state index in [1.807, 2.05) is 12.1 Å². The van der Waals surface area contributed by atoms with Crippen molar-refractivity contribution in [3.63, 3.8) is 0 Å². The Kier molecular flexibility index (Phi) is 7.15. The molecule has 0 amide bonds. The van der Waals surface area contributed by atoms with Crippen LogP contribution in [0.3, 0.4) is 0 Å². The van der Waals surface area contributed by atoms with E-state index in [1.165, 1.54) is 18.3 Å². The molecule has 0 saturated carbocycles. The molecule has 4 rings (SSSR count). The van der Waals surface area contributed by atoms with Gasteiger partial charge in [0.15, 0.2) is 11.6 Å². The first kappa shape index (κ1) is 24.7. The second kappa shape index (κ2) is 9.54. The van der Waals surface area contributed by atoms with Crippen molar-refractivity contribution in [3.8, 4) is 0 Å². The average Bonchev–Trinajstić information content (AvgIpc) is 3.17. The van der Waals surface area contributed by atoms with Crippen molar-refractivity contribution in [1.82, 2.24) is 14.9 Å². The van der Waals surface area contributed by atoms with Gasteiger partial charge >= 0.3 is 12.1 Å². The second-order valence-electron chi connectivity index (χ2n) is 8.09. The Balaban J connectivity index is 0.000000383. The van der Waals surface area contributed by atoms with E-state index in [1.54, 1.807) is 17.3 Å². The van der Waals surface area contributed by atoms with Crippen LogP contribution in [-0.4, -0.2) is 64.2 Å². The summed E-state index contributed by atoms with van der Waals surface area (Å²) in [6.45, 7) is 1.76. The lowest BCUT2D eigenvalue weighted by Crippen LogP contribution is -2.56. The van der Waals surface area contributed by atoms with Crippen molar-refractivity contribution in [2.24, 2.45) is 5.41 Å². The summed E-state index contributed by atoms with van der Waals surface area (Å²) in [5.41, 5.74) is -0.157. The largest absolute Gasteiger partial charge is 0.490 e. The van der Waals surface area contributed by atoms with E-state index in [2.05, 4.69) is 14.9 Å². The minimum Gasteiger partial charge on any atom is -0.475 e. The molecule has 1 spiro atoms. The first-order valence-electron chi connectivity index (χ1n) is 10.1. The van der Waals surface area contributed by atoms with Crippen molar-refractivity contribution >= 4 is 11.8 Å². The van der Waals surface area contributed by atoms with Gasteiger partial charge in [0.2, 0.25) is 0 Å². The van der Waals surface area contributed by atoms with Crippen molar-refractivity contribution in [2.75, 3.05) is 31.1 Å². The summed E-state index contributed by atoms with van der Waals surface area (Å²) in [7, 11) is 0. The van der Waals surface area contributed by atoms with Crippen molar-refractivity contribution in [3.05, 3.63) is 54.2 Å². The highest BCUT2D eigenvalue weighted by Gasteiger charge is 2.59. The van der Waals surface area contributed by atoms with Crippen LogP contribution in [0.25, 0.3) is 0 Å². The van der Waals surface area contributed by atoms with E-state index >= 15 is 0 Å². The number of carbonyl (C=O) groups is 1. The molecule has 33 heavy (non-hydrogen) atoms. The van der Waals surface area contributed by atoms with Gasteiger partial charge in [-0.15, -0.1) is 0 Å². The van der Waals surface area contributed by atoms with Gasteiger partial charge in [0.1, 0.15) is 0 Å². The SMILES string of the molecule is Fc1cccnc1N1CCC2(CN(Cc3cccnc3)CCC2(F)F)C1.O=C(O)C(F)(F)F. The van der Waals surface area contributed by atoms with Crippen LogP contribution in [-0.2, 0) is 11.3 Å². The van der Waals surface area contributed by atoms with Crippen LogP contribution in [0.5, 0.6) is 0 Å². The standard InChI is InChI=1S/C19H21F3N4.C2HF3O2/c20-16-4-2-8-24-17(16)26-10-5-18(14-26)13-25(9-6-19(18,21)22)12-15-3-1-7-23-11-15;3-2(4,5)1(6)7/h1-4,7-8,11H,5-6,9-10,12-14H2;(H,6,7). The summed E-state index contributed by atoms with van der Waals surface area (Å²) in [6, 6.07) is 6.64. The molecule has 2 aromatic rings. The number of carboxylic acid groups (broad SMARTS) is 1. The van der Waals surface area contributed by atoms with Crippen LogP contribution >= 0.6 is 0 Å². The molecule has 0 bridgehead atoms. The predicted molar refractivity (Wildman–Crippen MR) is 106 cm³/mol. The maximum Gasteiger partial charge on any atom is 0.490 e. The molecule has 2 fully saturated rings. The van der Waals surface area contributed by atoms with Crippen LogP contribution in [0.1, 0.15) is 18.4 Å². The van der Waals surface area contributed by atoms with Gasteiger partial charge < -0.3 is 10.0 Å². The molecule has 0 aromatic carbocycles. The lowest BCUT2D eigenvalue weighted by atomic mass is 9.75. The molecule has 12 heteroatoms. The smallest absolute Gasteiger partial charge is 0.475 e. The van der Waals surface area contributed by atoms with E-state index in [0.29, 0.717) is 32.6 Å². The number of hydrogen-bond donors (Lipinski definition) is 1. The van der Waals surface area contributed by atoms with Gasteiger partial charge in [-0.1, -0.05) is 6.07 Å². The molecule has 1 N–H and O–H groups in total. The zero-order chi connectivity index (χ0) is 24.3. The van der Waals surface area contributed by atoms with E-state index < -0.39 is 29.3 Å². The van der Waals surface area contributed by atoms with Crippen LogP contribution < -0.4 is 4.90 Å². The predicted octanol–water partition coefficient (Wildman–Crippen LogP) is 3.99. The van der Waals surface area contributed by atoms with E-state index in [-0.39, 0.29) is 18.8 Å². The van der Waals surface area contributed by atoms with Crippen molar-refractivity contribution < 1.29 is 36.2 Å². The maximum atomic E-state index is 14.9. The Morgan fingerprint density at radius 3 is 2.39 bits per heavy atom. The molecule has 2 aromatic heterocycles. The fourth-order valence-electron chi connectivity index (χ4n) is 4.16. The highest BCUT2D eigenvalue weighted by atomic mass is 19.4. The van der Waals surface area contributed by atoms with Crippen LogP contribution in [0.15, 0.2) is 42.9 Å². The number of hydrogen-bond acceptors (Lipinski definition) is 5. The second-order valence-corrected chi connectivity index (χ2v) is 8.09. The molecular formula is C21H22F6N4O2. The summed E-state index contributed by atoms with van der Waals surface area (Å²) in [4.78, 5) is 20.8. The number of carboxylic acids is 1. The van der Waals surface area contributed by atoms with Gasteiger partial charge in [0, 0.05) is 57.7 Å². The van der Waals surface area contributed by atoms with Gasteiger partial charge in [0.25, 0.3) is 5.92 Å². The highest BCUT2D eigenvalue weighted by molar-refractivity contribution is 5.73. The normalized spacial score (nSPS) is 22.7. The zero-order valence-corrected chi connectivity index (χ0v) is 17.4. The highest BCUT2D eigenvalue weighted by Crippen LogP contribution is 2.50. The Hall–Kier alpha value is -2.89. The molecule has 0 aliphatic carbocycles. The lowest BCUT2D eigenvalue weighted by molar-refractivity contribution is -0.192. The molecule has 2 aliphatic rings. The molecule has 4 heterocycles. The number of nitrogens with zero attached hydrogens (tertiary/aromatic N) is 4. The molecule has 6 nitrogen and oxygen atoms in total. The fraction of sp³-hybridized carbons (Fsp3) is 0.476. The van der Waals surface area contributed by atoms with E-state index in [4.69, 9.17) is 9.90 Å². The number of alkyl halides is 5. The van der Waals surface area contributed by atoms with Gasteiger partial charge in [-0.2, -0.15) is 13.2 Å². The van der Waals surface area contributed by atoms with Crippen LogP contribution in [0, 0.1) is 11.2 Å². The third-order valence-corrected chi connectivity index (χ3v) is 5.81. The number of piperidine rings is 1. The molecule has 1 unspecified atom stereocenters. The Morgan fingerprint density at radius 2 is 1.79 bits per heavy atom.